The summed E-state index contributed by atoms with van der Waals surface area (Å²) in [5.74, 6) is -0.784. The molecule has 0 spiro atoms. The van der Waals surface area contributed by atoms with Crippen LogP contribution in [0.2, 0.25) is 0 Å². The van der Waals surface area contributed by atoms with Gasteiger partial charge in [0.2, 0.25) is 0 Å². The SMILES string of the molecule is Cc1cc(C2CCC(C3OCC(S)CO3)CC2)cc(F)c1F. The van der Waals surface area contributed by atoms with Crippen LogP contribution in [-0.4, -0.2) is 24.8 Å². The molecular formula is C17H22F2O2S. The normalized spacial score (nSPS) is 32.9. The second-order valence-corrected chi connectivity index (χ2v) is 7.16. The van der Waals surface area contributed by atoms with Gasteiger partial charge in [0.25, 0.3) is 0 Å². The fourth-order valence-electron chi connectivity index (χ4n) is 3.49. The Morgan fingerprint density at radius 3 is 2.27 bits per heavy atom. The van der Waals surface area contributed by atoms with Gasteiger partial charge in [-0.2, -0.15) is 12.6 Å². The molecule has 1 heterocycles. The number of halogens is 2. The van der Waals surface area contributed by atoms with Crippen molar-refractivity contribution < 1.29 is 18.3 Å². The van der Waals surface area contributed by atoms with Crippen molar-refractivity contribution in [1.82, 2.24) is 0 Å². The maximum Gasteiger partial charge on any atom is 0.161 e. The molecule has 0 aromatic heterocycles. The minimum absolute atomic E-state index is 0.129. The van der Waals surface area contributed by atoms with E-state index in [2.05, 4.69) is 12.6 Å². The average molecular weight is 328 g/mol. The van der Waals surface area contributed by atoms with Crippen molar-refractivity contribution in [1.29, 1.82) is 0 Å². The molecule has 0 atom stereocenters. The van der Waals surface area contributed by atoms with Crippen LogP contribution in [0.1, 0.15) is 42.7 Å². The van der Waals surface area contributed by atoms with Crippen molar-refractivity contribution in [3.05, 3.63) is 34.9 Å². The quantitative estimate of drug-likeness (QED) is 0.820. The second kappa shape index (κ2) is 6.85. The third kappa shape index (κ3) is 3.47. The van der Waals surface area contributed by atoms with Gasteiger partial charge in [0.15, 0.2) is 17.9 Å². The molecule has 1 saturated heterocycles. The Morgan fingerprint density at radius 2 is 1.68 bits per heavy atom. The van der Waals surface area contributed by atoms with E-state index in [0.717, 1.165) is 31.2 Å². The number of benzene rings is 1. The number of aryl methyl sites for hydroxylation is 1. The average Bonchev–Trinajstić information content (AvgIpc) is 2.53. The number of hydrogen-bond acceptors (Lipinski definition) is 3. The zero-order valence-corrected chi connectivity index (χ0v) is 13.6. The molecule has 3 rings (SSSR count). The third-order valence-electron chi connectivity index (χ3n) is 4.77. The van der Waals surface area contributed by atoms with Gasteiger partial charge in [0.05, 0.1) is 13.2 Å². The molecule has 1 aliphatic heterocycles. The summed E-state index contributed by atoms with van der Waals surface area (Å²) in [6.45, 7) is 2.89. The Balaban J connectivity index is 1.60. The van der Waals surface area contributed by atoms with Crippen molar-refractivity contribution in [3.8, 4) is 0 Å². The Labute approximate surface area is 135 Å². The van der Waals surface area contributed by atoms with Crippen LogP contribution in [0.15, 0.2) is 12.1 Å². The Kier molecular flexibility index (Phi) is 5.05. The molecule has 1 saturated carbocycles. The highest BCUT2D eigenvalue weighted by atomic mass is 32.1. The van der Waals surface area contributed by atoms with Gasteiger partial charge in [-0.05, 0) is 55.7 Å². The van der Waals surface area contributed by atoms with E-state index in [9.17, 15) is 8.78 Å². The monoisotopic (exact) mass is 328 g/mol. The van der Waals surface area contributed by atoms with E-state index < -0.39 is 11.6 Å². The van der Waals surface area contributed by atoms with E-state index in [-0.39, 0.29) is 11.5 Å². The van der Waals surface area contributed by atoms with Crippen molar-refractivity contribution in [3.63, 3.8) is 0 Å². The molecule has 2 nitrogen and oxygen atoms in total. The van der Waals surface area contributed by atoms with Crippen LogP contribution >= 0.6 is 12.6 Å². The topological polar surface area (TPSA) is 18.5 Å². The van der Waals surface area contributed by atoms with Gasteiger partial charge in [0, 0.05) is 11.2 Å². The van der Waals surface area contributed by atoms with Crippen LogP contribution in [0.25, 0.3) is 0 Å². The lowest BCUT2D eigenvalue weighted by atomic mass is 9.78. The van der Waals surface area contributed by atoms with Gasteiger partial charge in [-0.1, -0.05) is 6.07 Å². The standard InChI is InChI=1S/C17H22F2O2S/c1-10-6-13(7-15(18)16(10)19)11-2-4-12(5-3-11)17-20-8-14(22)9-21-17/h6-7,11-12,14,17,22H,2-5,8-9H2,1H3. The lowest BCUT2D eigenvalue weighted by molar-refractivity contribution is -0.206. The minimum atomic E-state index is -0.740. The summed E-state index contributed by atoms with van der Waals surface area (Å²) in [5.41, 5.74) is 1.30. The number of ether oxygens (including phenoxy) is 2. The fourth-order valence-corrected chi connectivity index (χ4v) is 3.67. The highest BCUT2D eigenvalue weighted by Gasteiger charge is 2.32. The predicted octanol–water partition coefficient (Wildman–Crippen LogP) is 4.22. The van der Waals surface area contributed by atoms with Gasteiger partial charge >= 0.3 is 0 Å². The summed E-state index contributed by atoms with van der Waals surface area (Å²) in [7, 11) is 0. The van der Waals surface area contributed by atoms with Crippen molar-refractivity contribution in [2.45, 2.75) is 50.1 Å². The highest BCUT2D eigenvalue weighted by Crippen LogP contribution is 2.39. The summed E-state index contributed by atoms with van der Waals surface area (Å²) < 4.78 is 38.4. The van der Waals surface area contributed by atoms with Gasteiger partial charge in [-0.15, -0.1) is 0 Å². The Morgan fingerprint density at radius 1 is 1.05 bits per heavy atom. The van der Waals surface area contributed by atoms with Crippen LogP contribution in [0.5, 0.6) is 0 Å². The third-order valence-corrected chi connectivity index (χ3v) is 5.06. The summed E-state index contributed by atoms with van der Waals surface area (Å²) in [6, 6.07) is 3.13. The van der Waals surface area contributed by atoms with Gasteiger partial charge in [0.1, 0.15) is 0 Å². The zero-order valence-electron chi connectivity index (χ0n) is 12.7. The summed E-state index contributed by atoms with van der Waals surface area (Å²) in [4.78, 5) is 0. The summed E-state index contributed by atoms with van der Waals surface area (Å²) in [5, 5.41) is 0.165. The summed E-state index contributed by atoms with van der Waals surface area (Å²) >= 11 is 4.34. The largest absolute Gasteiger partial charge is 0.351 e. The van der Waals surface area contributed by atoms with Crippen LogP contribution < -0.4 is 0 Å². The van der Waals surface area contributed by atoms with Gasteiger partial charge < -0.3 is 9.47 Å². The van der Waals surface area contributed by atoms with E-state index in [0.29, 0.717) is 30.6 Å². The van der Waals surface area contributed by atoms with E-state index in [1.165, 1.54) is 6.07 Å². The highest BCUT2D eigenvalue weighted by molar-refractivity contribution is 7.81. The van der Waals surface area contributed by atoms with Crippen molar-refractivity contribution in [2.75, 3.05) is 13.2 Å². The first-order valence-corrected chi connectivity index (χ1v) is 8.43. The molecule has 5 heteroatoms. The van der Waals surface area contributed by atoms with Gasteiger partial charge in [-0.3, -0.25) is 0 Å². The maximum atomic E-state index is 13.6. The first-order valence-electron chi connectivity index (χ1n) is 7.91. The Hall–Kier alpha value is -0.650. The van der Waals surface area contributed by atoms with E-state index in [1.54, 1.807) is 13.0 Å². The zero-order chi connectivity index (χ0) is 15.7. The van der Waals surface area contributed by atoms with E-state index in [4.69, 9.17) is 9.47 Å². The molecule has 0 bridgehead atoms. The number of rotatable bonds is 2. The van der Waals surface area contributed by atoms with E-state index >= 15 is 0 Å². The molecule has 0 amide bonds. The summed E-state index contributed by atoms with van der Waals surface area (Å²) in [6.07, 6.45) is 3.77. The van der Waals surface area contributed by atoms with Crippen LogP contribution in [0, 0.1) is 24.5 Å². The first kappa shape index (κ1) is 16.2. The molecule has 22 heavy (non-hydrogen) atoms. The fraction of sp³-hybridized carbons (Fsp3) is 0.647. The molecule has 122 valence electrons. The molecule has 0 radical (unpaired) electrons. The second-order valence-electron chi connectivity index (χ2n) is 6.43. The van der Waals surface area contributed by atoms with E-state index in [1.807, 2.05) is 0 Å². The van der Waals surface area contributed by atoms with Crippen LogP contribution in [0.3, 0.4) is 0 Å². The maximum absolute atomic E-state index is 13.6. The molecule has 1 aromatic carbocycles. The van der Waals surface area contributed by atoms with Gasteiger partial charge in [-0.25, -0.2) is 8.78 Å². The molecule has 0 unspecified atom stereocenters. The molecule has 1 aromatic rings. The number of thiol groups is 1. The number of hydrogen-bond donors (Lipinski definition) is 1. The smallest absolute Gasteiger partial charge is 0.161 e. The molecule has 2 fully saturated rings. The first-order chi connectivity index (χ1) is 10.5. The lowest BCUT2D eigenvalue weighted by Gasteiger charge is -2.36. The van der Waals surface area contributed by atoms with Crippen LogP contribution in [0.4, 0.5) is 8.78 Å². The lowest BCUT2D eigenvalue weighted by Crippen LogP contribution is -2.38. The molecular weight excluding hydrogens is 306 g/mol. The minimum Gasteiger partial charge on any atom is -0.351 e. The molecule has 2 aliphatic rings. The van der Waals surface area contributed by atoms with Crippen molar-refractivity contribution >= 4 is 12.6 Å². The molecule has 0 N–H and O–H groups in total. The van der Waals surface area contributed by atoms with Crippen molar-refractivity contribution in [2.24, 2.45) is 5.92 Å². The van der Waals surface area contributed by atoms with Crippen LogP contribution in [-0.2, 0) is 9.47 Å². The predicted molar refractivity (Wildman–Crippen MR) is 84.3 cm³/mol. The molecule has 1 aliphatic carbocycles. The Bertz CT molecular complexity index is 498.